The molecule has 4 rings (SSSR count). The van der Waals surface area contributed by atoms with Crippen molar-refractivity contribution < 1.29 is 19.0 Å². The van der Waals surface area contributed by atoms with Gasteiger partial charge in [-0.2, -0.15) is 5.10 Å². The van der Waals surface area contributed by atoms with E-state index >= 15 is 0 Å². The maximum absolute atomic E-state index is 13.1. The van der Waals surface area contributed by atoms with Gasteiger partial charge >= 0.3 is 0 Å². The van der Waals surface area contributed by atoms with E-state index < -0.39 is 0 Å². The molecule has 31 heavy (non-hydrogen) atoms. The van der Waals surface area contributed by atoms with Gasteiger partial charge in [-0.1, -0.05) is 0 Å². The van der Waals surface area contributed by atoms with Crippen molar-refractivity contribution in [3.8, 4) is 34.2 Å². The number of rotatable bonds is 7. The normalized spacial score (nSPS) is 10.5. The Hall–Kier alpha value is -4.06. The predicted octanol–water partition coefficient (Wildman–Crippen LogP) is 4.80. The first-order chi connectivity index (χ1) is 15.1. The lowest BCUT2D eigenvalue weighted by atomic mass is 10.1. The molecule has 6 nitrogen and oxygen atoms in total. The fourth-order valence-electron chi connectivity index (χ4n) is 3.27. The third-order valence-corrected chi connectivity index (χ3v) is 5.00. The van der Waals surface area contributed by atoms with Crippen LogP contribution in [0.15, 0.2) is 78.9 Å². The lowest BCUT2D eigenvalue weighted by Gasteiger charge is -2.09. The summed E-state index contributed by atoms with van der Waals surface area (Å²) < 4.78 is 17.5. The molecule has 3 aromatic carbocycles. The fraction of sp³-hybridized carbons (Fsp3) is 0.120. The van der Waals surface area contributed by atoms with Crippen LogP contribution in [0.1, 0.15) is 16.1 Å². The highest BCUT2D eigenvalue weighted by molar-refractivity contribution is 6.08. The standard InChI is InChI=1S/C25H22N2O4/c1-29-20-10-4-17(5-11-20)24-16-23(25(28)18-6-12-21(30-2)13-7-18)26-27(24)19-8-14-22(31-3)15-9-19/h4-16H,1-3H3. The molecule has 0 fully saturated rings. The van der Waals surface area contributed by atoms with Crippen LogP contribution in [0.5, 0.6) is 17.2 Å². The largest absolute Gasteiger partial charge is 0.497 e. The van der Waals surface area contributed by atoms with Crippen LogP contribution in [0, 0.1) is 0 Å². The minimum absolute atomic E-state index is 0.162. The molecular formula is C25H22N2O4. The fourth-order valence-corrected chi connectivity index (χ4v) is 3.27. The molecule has 156 valence electrons. The lowest BCUT2D eigenvalue weighted by molar-refractivity contribution is 0.103. The van der Waals surface area contributed by atoms with E-state index in [1.165, 1.54) is 0 Å². The number of aromatic nitrogens is 2. The molecule has 0 unspecified atom stereocenters. The van der Waals surface area contributed by atoms with Crippen LogP contribution >= 0.6 is 0 Å². The number of carbonyl (C=O) groups excluding carboxylic acids is 1. The van der Waals surface area contributed by atoms with Crippen molar-refractivity contribution in [1.82, 2.24) is 9.78 Å². The number of ether oxygens (including phenoxy) is 3. The number of hydrogen-bond acceptors (Lipinski definition) is 5. The number of carbonyl (C=O) groups is 1. The highest BCUT2D eigenvalue weighted by Crippen LogP contribution is 2.28. The molecule has 0 aliphatic heterocycles. The summed E-state index contributed by atoms with van der Waals surface area (Å²) in [6.07, 6.45) is 0. The van der Waals surface area contributed by atoms with Crippen molar-refractivity contribution in [3.05, 3.63) is 90.1 Å². The van der Waals surface area contributed by atoms with Crippen LogP contribution < -0.4 is 14.2 Å². The van der Waals surface area contributed by atoms with Crippen LogP contribution in [0.3, 0.4) is 0 Å². The Bertz CT molecular complexity index is 1110. The predicted molar refractivity (Wildman–Crippen MR) is 119 cm³/mol. The SMILES string of the molecule is COc1ccc(C(=O)c2cc(-c3ccc(OC)cc3)n(-c3ccc(OC)cc3)n2)cc1. The summed E-state index contributed by atoms with van der Waals surface area (Å²) >= 11 is 0. The zero-order chi connectivity index (χ0) is 21.8. The Labute approximate surface area is 180 Å². The molecule has 1 heterocycles. The zero-order valence-corrected chi connectivity index (χ0v) is 17.5. The maximum atomic E-state index is 13.1. The van der Waals surface area contributed by atoms with E-state index in [0.717, 1.165) is 28.4 Å². The van der Waals surface area contributed by atoms with Gasteiger partial charge in [-0.3, -0.25) is 4.79 Å². The lowest BCUT2D eigenvalue weighted by Crippen LogP contribution is -2.04. The summed E-state index contributed by atoms with van der Waals surface area (Å²) in [5.41, 5.74) is 3.43. The first-order valence-corrected chi connectivity index (χ1v) is 9.70. The molecule has 0 saturated heterocycles. The third-order valence-electron chi connectivity index (χ3n) is 5.00. The average molecular weight is 414 g/mol. The second-order valence-electron chi connectivity index (χ2n) is 6.81. The average Bonchev–Trinajstić information content (AvgIpc) is 3.29. The smallest absolute Gasteiger partial charge is 0.213 e. The summed E-state index contributed by atoms with van der Waals surface area (Å²) in [4.78, 5) is 13.1. The minimum Gasteiger partial charge on any atom is -0.497 e. The second kappa shape index (κ2) is 8.75. The van der Waals surface area contributed by atoms with Crippen LogP contribution in [-0.4, -0.2) is 36.9 Å². The molecule has 0 radical (unpaired) electrons. The maximum Gasteiger partial charge on any atom is 0.213 e. The quantitative estimate of drug-likeness (QED) is 0.407. The Kier molecular flexibility index (Phi) is 5.71. The van der Waals surface area contributed by atoms with E-state index in [1.54, 1.807) is 56.3 Å². The zero-order valence-electron chi connectivity index (χ0n) is 17.5. The second-order valence-corrected chi connectivity index (χ2v) is 6.81. The molecule has 4 aromatic rings. The van der Waals surface area contributed by atoms with Crippen molar-refractivity contribution in [3.63, 3.8) is 0 Å². The molecule has 0 atom stereocenters. The molecule has 0 N–H and O–H groups in total. The summed E-state index contributed by atoms with van der Waals surface area (Å²) in [5, 5.41) is 4.64. The number of nitrogens with zero attached hydrogens (tertiary/aromatic N) is 2. The molecular weight excluding hydrogens is 392 g/mol. The third kappa shape index (κ3) is 4.14. The molecule has 0 saturated carbocycles. The summed E-state index contributed by atoms with van der Waals surface area (Å²) in [5.74, 6) is 2.04. The Balaban J connectivity index is 1.79. The van der Waals surface area contributed by atoms with Gasteiger partial charge in [0, 0.05) is 11.1 Å². The van der Waals surface area contributed by atoms with Crippen LogP contribution in [-0.2, 0) is 0 Å². The van der Waals surface area contributed by atoms with E-state index in [-0.39, 0.29) is 5.78 Å². The Morgan fingerprint density at radius 2 is 1.19 bits per heavy atom. The van der Waals surface area contributed by atoms with Gasteiger partial charge in [-0.25, -0.2) is 4.68 Å². The first kappa shape index (κ1) is 20.2. The first-order valence-electron chi connectivity index (χ1n) is 9.70. The van der Waals surface area contributed by atoms with Crippen molar-refractivity contribution in [2.24, 2.45) is 0 Å². The van der Waals surface area contributed by atoms with Crippen LogP contribution in [0.4, 0.5) is 0 Å². The number of benzene rings is 3. The number of methoxy groups -OCH3 is 3. The van der Waals surface area contributed by atoms with E-state index in [0.29, 0.717) is 17.0 Å². The molecule has 0 spiro atoms. The van der Waals surface area contributed by atoms with Crippen molar-refractivity contribution in [2.75, 3.05) is 21.3 Å². The van der Waals surface area contributed by atoms with Gasteiger partial charge in [0.1, 0.15) is 22.9 Å². The highest BCUT2D eigenvalue weighted by atomic mass is 16.5. The van der Waals surface area contributed by atoms with E-state index in [9.17, 15) is 4.79 Å². The highest BCUT2D eigenvalue weighted by Gasteiger charge is 2.18. The molecule has 0 amide bonds. The summed E-state index contributed by atoms with van der Waals surface area (Å²) in [6, 6.07) is 24.0. The van der Waals surface area contributed by atoms with Gasteiger partial charge in [0.15, 0.2) is 0 Å². The van der Waals surface area contributed by atoms with Gasteiger partial charge in [-0.15, -0.1) is 0 Å². The monoisotopic (exact) mass is 414 g/mol. The summed E-state index contributed by atoms with van der Waals surface area (Å²) in [7, 11) is 4.84. The van der Waals surface area contributed by atoms with Gasteiger partial charge in [-0.05, 0) is 78.9 Å². The van der Waals surface area contributed by atoms with E-state index in [4.69, 9.17) is 14.2 Å². The van der Waals surface area contributed by atoms with Gasteiger partial charge in [0.2, 0.25) is 5.78 Å². The molecule has 0 bridgehead atoms. The molecule has 1 aromatic heterocycles. The van der Waals surface area contributed by atoms with Crippen LogP contribution in [0.25, 0.3) is 16.9 Å². The van der Waals surface area contributed by atoms with Gasteiger partial charge in [0.05, 0.1) is 32.7 Å². The molecule has 0 aliphatic carbocycles. The Morgan fingerprint density at radius 1 is 0.710 bits per heavy atom. The van der Waals surface area contributed by atoms with Crippen molar-refractivity contribution in [2.45, 2.75) is 0 Å². The Morgan fingerprint density at radius 3 is 1.71 bits per heavy atom. The van der Waals surface area contributed by atoms with Gasteiger partial charge < -0.3 is 14.2 Å². The molecule has 6 heteroatoms. The number of hydrogen-bond donors (Lipinski definition) is 0. The van der Waals surface area contributed by atoms with Crippen LogP contribution in [0.2, 0.25) is 0 Å². The number of ketones is 1. The topological polar surface area (TPSA) is 62.6 Å². The molecule has 0 aliphatic rings. The minimum atomic E-state index is -0.162. The van der Waals surface area contributed by atoms with E-state index in [2.05, 4.69) is 5.10 Å². The summed E-state index contributed by atoms with van der Waals surface area (Å²) in [6.45, 7) is 0. The van der Waals surface area contributed by atoms with Crippen molar-refractivity contribution in [1.29, 1.82) is 0 Å². The van der Waals surface area contributed by atoms with Crippen molar-refractivity contribution >= 4 is 5.78 Å². The van der Waals surface area contributed by atoms with Gasteiger partial charge in [0.25, 0.3) is 0 Å². The van der Waals surface area contributed by atoms with E-state index in [1.807, 2.05) is 48.5 Å².